The van der Waals surface area contributed by atoms with E-state index in [9.17, 15) is 5.11 Å². The molecule has 1 heteroatoms. The van der Waals surface area contributed by atoms with Crippen molar-refractivity contribution in [2.24, 2.45) is 0 Å². The summed E-state index contributed by atoms with van der Waals surface area (Å²) < 4.78 is 0. The minimum absolute atomic E-state index is 0.338. The van der Waals surface area contributed by atoms with E-state index in [1.54, 1.807) is 6.07 Å². The van der Waals surface area contributed by atoms with Crippen LogP contribution in [0, 0.1) is 20.8 Å². The molecular formula is C15H16O. The topological polar surface area (TPSA) is 20.2 Å². The van der Waals surface area contributed by atoms with Gasteiger partial charge in [0, 0.05) is 5.56 Å². The molecule has 0 radical (unpaired) electrons. The van der Waals surface area contributed by atoms with Crippen molar-refractivity contribution in [1.82, 2.24) is 0 Å². The van der Waals surface area contributed by atoms with Crippen LogP contribution in [0.15, 0.2) is 36.4 Å². The highest BCUT2D eigenvalue weighted by atomic mass is 16.3. The van der Waals surface area contributed by atoms with E-state index in [-0.39, 0.29) is 0 Å². The first-order valence-electron chi connectivity index (χ1n) is 5.46. The third kappa shape index (κ3) is 1.81. The zero-order valence-corrected chi connectivity index (χ0v) is 9.91. The van der Waals surface area contributed by atoms with Gasteiger partial charge in [-0.05, 0) is 49.1 Å². The second kappa shape index (κ2) is 4.01. The molecule has 1 N–H and O–H groups in total. The first-order valence-corrected chi connectivity index (χ1v) is 5.46. The van der Waals surface area contributed by atoms with Crippen LogP contribution in [0.2, 0.25) is 0 Å². The molecule has 0 aliphatic rings. The van der Waals surface area contributed by atoms with Gasteiger partial charge in [-0.25, -0.2) is 0 Å². The molecule has 0 aliphatic carbocycles. The summed E-state index contributed by atoms with van der Waals surface area (Å²) in [4.78, 5) is 0. The number of benzene rings is 2. The average molecular weight is 212 g/mol. The fourth-order valence-corrected chi connectivity index (χ4v) is 1.91. The number of para-hydroxylation sites is 1. The summed E-state index contributed by atoms with van der Waals surface area (Å²) in [7, 11) is 0. The molecule has 0 fully saturated rings. The van der Waals surface area contributed by atoms with Gasteiger partial charge in [-0.2, -0.15) is 0 Å². The standard InChI is InChI=1S/C15H16O/c1-10-8-13(9-11(2)12(10)3)14-6-4-5-7-15(14)16/h4-9,16H,1-3H3. The second-order valence-electron chi connectivity index (χ2n) is 4.25. The molecule has 0 aromatic heterocycles. The molecule has 0 saturated carbocycles. The molecular weight excluding hydrogens is 196 g/mol. The lowest BCUT2D eigenvalue weighted by Crippen LogP contribution is -1.88. The Morgan fingerprint density at radius 1 is 0.875 bits per heavy atom. The van der Waals surface area contributed by atoms with Gasteiger partial charge in [0.05, 0.1) is 0 Å². The van der Waals surface area contributed by atoms with Gasteiger partial charge in [-0.1, -0.05) is 30.3 Å². The van der Waals surface area contributed by atoms with Crippen LogP contribution >= 0.6 is 0 Å². The maximum absolute atomic E-state index is 9.82. The summed E-state index contributed by atoms with van der Waals surface area (Å²) in [5.74, 6) is 0.338. The average Bonchev–Trinajstić information content (AvgIpc) is 2.26. The minimum Gasteiger partial charge on any atom is -0.507 e. The molecule has 0 heterocycles. The molecule has 82 valence electrons. The number of phenols is 1. The van der Waals surface area contributed by atoms with E-state index in [0.717, 1.165) is 11.1 Å². The maximum atomic E-state index is 9.82. The van der Waals surface area contributed by atoms with Gasteiger partial charge < -0.3 is 5.11 Å². The van der Waals surface area contributed by atoms with Crippen molar-refractivity contribution < 1.29 is 5.11 Å². The molecule has 2 rings (SSSR count). The highest BCUT2D eigenvalue weighted by molar-refractivity contribution is 5.71. The van der Waals surface area contributed by atoms with Crippen molar-refractivity contribution in [3.05, 3.63) is 53.1 Å². The molecule has 0 amide bonds. The molecule has 0 unspecified atom stereocenters. The molecule has 16 heavy (non-hydrogen) atoms. The minimum atomic E-state index is 0.338. The summed E-state index contributed by atoms with van der Waals surface area (Å²) in [6, 6.07) is 11.7. The lowest BCUT2D eigenvalue weighted by molar-refractivity contribution is 0.477. The van der Waals surface area contributed by atoms with E-state index in [2.05, 4.69) is 32.9 Å². The normalized spacial score (nSPS) is 10.4. The SMILES string of the molecule is Cc1cc(-c2ccccc2O)cc(C)c1C. The number of aromatic hydroxyl groups is 1. The summed E-state index contributed by atoms with van der Waals surface area (Å²) in [6.07, 6.45) is 0. The van der Waals surface area contributed by atoms with E-state index >= 15 is 0 Å². The largest absolute Gasteiger partial charge is 0.507 e. The van der Waals surface area contributed by atoms with Gasteiger partial charge >= 0.3 is 0 Å². The molecule has 0 bridgehead atoms. The van der Waals surface area contributed by atoms with Gasteiger partial charge in [0.15, 0.2) is 0 Å². The van der Waals surface area contributed by atoms with Crippen molar-refractivity contribution in [1.29, 1.82) is 0 Å². The lowest BCUT2D eigenvalue weighted by atomic mass is 9.96. The van der Waals surface area contributed by atoms with Crippen LogP contribution in [0.1, 0.15) is 16.7 Å². The summed E-state index contributed by atoms with van der Waals surface area (Å²) in [5.41, 5.74) is 5.82. The van der Waals surface area contributed by atoms with Crippen LogP contribution in [-0.4, -0.2) is 5.11 Å². The molecule has 1 nitrogen and oxygen atoms in total. The van der Waals surface area contributed by atoms with E-state index in [1.165, 1.54) is 16.7 Å². The van der Waals surface area contributed by atoms with Crippen molar-refractivity contribution in [3.8, 4) is 16.9 Å². The van der Waals surface area contributed by atoms with Crippen molar-refractivity contribution in [3.63, 3.8) is 0 Å². The van der Waals surface area contributed by atoms with Crippen LogP contribution in [-0.2, 0) is 0 Å². The third-order valence-corrected chi connectivity index (χ3v) is 3.14. The van der Waals surface area contributed by atoms with Gasteiger partial charge in [0.2, 0.25) is 0 Å². The Balaban J connectivity index is 2.62. The number of hydrogen-bond donors (Lipinski definition) is 1. The smallest absolute Gasteiger partial charge is 0.123 e. The molecule has 2 aromatic carbocycles. The fraction of sp³-hybridized carbons (Fsp3) is 0.200. The predicted octanol–water partition coefficient (Wildman–Crippen LogP) is 3.98. The molecule has 0 atom stereocenters. The van der Waals surface area contributed by atoms with Crippen molar-refractivity contribution >= 4 is 0 Å². The van der Waals surface area contributed by atoms with Crippen molar-refractivity contribution in [2.45, 2.75) is 20.8 Å². The molecule has 0 saturated heterocycles. The predicted molar refractivity (Wildman–Crippen MR) is 67.8 cm³/mol. The van der Waals surface area contributed by atoms with Crippen LogP contribution in [0.5, 0.6) is 5.75 Å². The van der Waals surface area contributed by atoms with Crippen LogP contribution in [0.25, 0.3) is 11.1 Å². The van der Waals surface area contributed by atoms with E-state index in [4.69, 9.17) is 0 Å². The first kappa shape index (κ1) is 10.7. The highest BCUT2D eigenvalue weighted by Crippen LogP contribution is 2.31. The van der Waals surface area contributed by atoms with Crippen LogP contribution in [0.3, 0.4) is 0 Å². The van der Waals surface area contributed by atoms with E-state index < -0.39 is 0 Å². The fourth-order valence-electron chi connectivity index (χ4n) is 1.91. The monoisotopic (exact) mass is 212 g/mol. The Morgan fingerprint density at radius 2 is 1.44 bits per heavy atom. The number of aryl methyl sites for hydroxylation is 2. The van der Waals surface area contributed by atoms with Crippen LogP contribution in [0.4, 0.5) is 0 Å². The molecule has 0 spiro atoms. The maximum Gasteiger partial charge on any atom is 0.123 e. The molecule has 2 aromatic rings. The highest BCUT2D eigenvalue weighted by Gasteiger charge is 2.06. The summed E-state index contributed by atoms with van der Waals surface area (Å²) >= 11 is 0. The summed E-state index contributed by atoms with van der Waals surface area (Å²) in [6.45, 7) is 6.33. The quantitative estimate of drug-likeness (QED) is 0.758. The number of rotatable bonds is 1. The summed E-state index contributed by atoms with van der Waals surface area (Å²) in [5, 5.41) is 9.82. The lowest BCUT2D eigenvalue weighted by Gasteiger charge is -2.10. The number of hydrogen-bond acceptors (Lipinski definition) is 1. The number of phenolic OH excluding ortho intramolecular Hbond substituents is 1. The Bertz CT molecular complexity index is 504. The Labute approximate surface area is 96.4 Å². The van der Waals surface area contributed by atoms with Gasteiger partial charge in [0.1, 0.15) is 5.75 Å². The zero-order valence-electron chi connectivity index (χ0n) is 9.91. The van der Waals surface area contributed by atoms with E-state index in [0.29, 0.717) is 5.75 Å². The zero-order chi connectivity index (χ0) is 11.7. The Hall–Kier alpha value is -1.76. The van der Waals surface area contributed by atoms with Gasteiger partial charge in [-0.15, -0.1) is 0 Å². The first-order chi connectivity index (χ1) is 7.59. The Morgan fingerprint density at radius 3 is 2.00 bits per heavy atom. The Kier molecular flexibility index (Phi) is 2.69. The van der Waals surface area contributed by atoms with Gasteiger partial charge in [-0.3, -0.25) is 0 Å². The van der Waals surface area contributed by atoms with Gasteiger partial charge in [0.25, 0.3) is 0 Å². The van der Waals surface area contributed by atoms with E-state index in [1.807, 2.05) is 18.2 Å². The third-order valence-electron chi connectivity index (χ3n) is 3.14. The molecule has 0 aliphatic heterocycles. The second-order valence-corrected chi connectivity index (χ2v) is 4.25. The van der Waals surface area contributed by atoms with Crippen LogP contribution < -0.4 is 0 Å². The van der Waals surface area contributed by atoms with Crippen molar-refractivity contribution in [2.75, 3.05) is 0 Å².